The summed E-state index contributed by atoms with van der Waals surface area (Å²) in [6.45, 7) is 1.67. The van der Waals surface area contributed by atoms with E-state index in [1.54, 1.807) is 19.1 Å². The Bertz CT molecular complexity index is 970. The first-order valence-electron chi connectivity index (χ1n) is 6.30. The van der Waals surface area contributed by atoms with Crippen molar-refractivity contribution in [2.75, 3.05) is 11.0 Å². The first-order valence-corrected chi connectivity index (χ1v) is 10.4. The summed E-state index contributed by atoms with van der Waals surface area (Å²) in [6.07, 6.45) is 0.980. The molecule has 2 aromatic carbocycles. The van der Waals surface area contributed by atoms with Crippen molar-refractivity contribution in [3.8, 4) is 0 Å². The first kappa shape index (κ1) is 18.1. The molecule has 0 radical (unpaired) electrons. The van der Waals surface area contributed by atoms with E-state index in [2.05, 4.69) is 4.72 Å². The topological polar surface area (TPSA) is 80.3 Å². The van der Waals surface area contributed by atoms with Gasteiger partial charge in [0, 0.05) is 11.3 Å². The minimum absolute atomic E-state index is 0.0722. The molecule has 1 N–H and O–H groups in total. The van der Waals surface area contributed by atoms with Crippen LogP contribution in [0.25, 0.3) is 0 Å². The highest BCUT2D eigenvalue weighted by molar-refractivity contribution is 7.93. The van der Waals surface area contributed by atoms with E-state index in [1.807, 2.05) is 0 Å². The summed E-state index contributed by atoms with van der Waals surface area (Å²) in [6, 6.07) is 8.40. The summed E-state index contributed by atoms with van der Waals surface area (Å²) in [5.41, 5.74) is 0.460. The lowest BCUT2D eigenvalue weighted by Gasteiger charge is -2.13. The number of hydrogen-bond donors (Lipinski definition) is 1. The molecule has 2 rings (SSSR count). The molecule has 5 nitrogen and oxygen atoms in total. The summed E-state index contributed by atoms with van der Waals surface area (Å²) < 4.78 is 50.9. The molecule has 0 unspecified atom stereocenters. The Hall–Kier alpha value is -1.28. The largest absolute Gasteiger partial charge is 0.278 e. The average Bonchev–Trinajstić information content (AvgIpc) is 2.39. The molecule has 0 saturated heterocycles. The van der Waals surface area contributed by atoms with Gasteiger partial charge in [0.2, 0.25) is 0 Å². The van der Waals surface area contributed by atoms with E-state index in [-0.39, 0.29) is 25.5 Å². The van der Waals surface area contributed by atoms with Gasteiger partial charge in [0.05, 0.1) is 15.6 Å². The second kappa shape index (κ2) is 6.32. The van der Waals surface area contributed by atoms with Crippen LogP contribution < -0.4 is 4.72 Å². The van der Waals surface area contributed by atoms with Gasteiger partial charge in [-0.2, -0.15) is 0 Å². The molecule has 0 aliphatic heterocycles. The van der Waals surface area contributed by atoms with E-state index in [0.717, 1.165) is 6.26 Å². The zero-order chi connectivity index (χ0) is 17.4. The van der Waals surface area contributed by atoms with Gasteiger partial charge in [0.1, 0.15) is 4.90 Å². The third-order valence-electron chi connectivity index (χ3n) is 3.03. The first-order chi connectivity index (χ1) is 10.5. The molecular weight excluding hydrogens is 381 g/mol. The molecular formula is C14H13Cl2NO4S2. The average molecular weight is 394 g/mol. The third kappa shape index (κ3) is 3.98. The lowest BCUT2D eigenvalue weighted by atomic mass is 10.2. The van der Waals surface area contributed by atoms with Crippen LogP contribution in [0.4, 0.5) is 5.69 Å². The van der Waals surface area contributed by atoms with Crippen molar-refractivity contribution < 1.29 is 16.8 Å². The number of aryl methyl sites for hydroxylation is 1. The number of nitrogens with one attached hydrogen (secondary N) is 1. The van der Waals surface area contributed by atoms with Crippen molar-refractivity contribution in [2.45, 2.75) is 16.7 Å². The van der Waals surface area contributed by atoms with Crippen molar-refractivity contribution in [1.29, 1.82) is 0 Å². The molecule has 9 heteroatoms. The number of rotatable bonds is 4. The second-order valence-electron chi connectivity index (χ2n) is 4.91. The molecule has 0 heterocycles. The number of hydrogen-bond acceptors (Lipinski definition) is 4. The molecule has 0 amide bonds. The van der Waals surface area contributed by atoms with Gasteiger partial charge >= 0.3 is 0 Å². The van der Waals surface area contributed by atoms with E-state index in [1.165, 1.54) is 24.3 Å². The van der Waals surface area contributed by atoms with Crippen molar-refractivity contribution >= 4 is 48.7 Å². The molecule has 2 aromatic rings. The maximum atomic E-state index is 12.5. The normalized spacial score (nSPS) is 12.2. The van der Waals surface area contributed by atoms with Crippen LogP contribution in [0.15, 0.2) is 46.2 Å². The standard InChI is InChI=1S/C14H13Cl2NO4S2/c1-9-4-3-5-13(14(9)16)23(20,21)17-11-8-10(15)6-7-12(11)22(2,18)19/h3-8,17H,1-2H3. The number of benzene rings is 2. The predicted molar refractivity (Wildman–Crippen MR) is 91.6 cm³/mol. The Labute approximate surface area is 145 Å². The minimum Gasteiger partial charge on any atom is -0.278 e. The third-order valence-corrected chi connectivity index (χ3v) is 6.44. The van der Waals surface area contributed by atoms with Gasteiger partial charge in [0.15, 0.2) is 9.84 Å². The Kier molecular flexibility index (Phi) is 4.96. The second-order valence-corrected chi connectivity index (χ2v) is 9.35. The molecule has 0 aliphatic rings. The predicted octanol–water partition coefficient (Wildman–Crippen LogP) is 3.51. The number of anilines is 1. The highest BCUT2D eigenvalue weighted by Gasteiger charge is 2.22. The van der Waals surface area contributed by atoms with Crippen LogP contribution in [-0.4, -0.2) is 23.1 Å². The van der Waals surface area contributed by atoms with Crippen LogP contribution >= 0.6 is 23.2 Å². The lowest BCUT2D eigenvalue weighted by Crippen LogP contribution is -2.16. The Morgan fingerprint density at radius 2 is 1.61 bits per heavy atom. The Morgan fingerprint density at radius 1 is 0.957 bits per heavy atom. The van der Waals surface area contributed by atoms with Gasteiger partial charge in [-0.15, -0.1) is 0 Å². The van der Waals surface area contributed by atoms with Crippen LogP contribution in [0.2, 0.25) is 10.0 Å². The van der Waals surface area contributed by atoms with Gasteiger partial charge in [0.25, 0.3) is 10.0 Å². The van der Waals surface area contributed by atoms with E-state index < -0.39 is 19.9 Å². The van der Waals surface area contributed by atoms with Gasteiger partial charge in [-0.1, -0.05) is 35.3 Å². The fourth-order valence-electron chi connectivity index (χ4n) is 1.93. The van der Waals surface area contributed by atoms with Crippen molar-refractivity contribution in [3.63, 3.8) is 0 Å². The van der Waals surface area contributed by atoms with E-state index in [4.69, 9.17) is 23.2 Å². The smallest absolute Gasteiger partial charge is 0.263 e. The number of halogens is 2. The monoisotopic (exact) mass is 393 g/mol. The molecule has 124 valence electrons. The SMILES string of the molecule is Cc1cccc(S(=O)(=O)Nc2cc(Cl)ccc2S(C)(=O)=O)c1Cl. The van der Waals surface area contributed by atoms with Gasteiger partial charge in [-0.05, 0) is 36.8 Å². The minimum atomic E-state index is -4.07. The highest BCUT2D eigenvalue weighted by Crippen LogP contribution is 2.30. The summed E-state index contributed by atoms with van der Waals surface area (Å²) in [5, 5.41) is 0.272. The van der Waals surface area contributed by atoms with Crippen LogP contribution in [-0.2, 0) is 19.9 Å². The zero-order valence-electron chi connectivity index (χ0n) is 12.2. The van der Waals surface area contributed by atoms with Crippen LogP contribution in [0.1, 0.15) is 5.56 Å². The molecule has 0 bridgehead atoms. The van der Waals surface area contributed by atoms with E-state index in [0.29, 0.717) is 5.56 Å². The van der Waals surface area contributed by atoms with Gasteiger partial charge in [-0.3, -0.25) is 4.72 Å². The molecule has 0 fully saturated rings. The maximum absolute atomic E-state index is 12.5. The lowest BCUT2D eigenvalue weighted by molar-refractivity contribution is 0.601. The van der Waals surface area contributed by atoms with Crippen molar-refractivity contribution in [2.24, 2.45) is 0 Å². The molecule has 0 aromatic heterocycles. The molecule has 0 atom stereocenters. The van der Waals surface area contributed by atoms with Gasteiger partial charge in [-0.25, -0.2) is 16.8 Å². The Morgan fingerprint density at radius 3 is 2.22 bits per heavy atom. The molecule has 0 spiro atoms. The highest BCUT2D eigenvalue weighted by atomic mass is 35.5. The van der Waals surface area contributed by atoms with Crippen LogP contribution in [0.5, 0.6) is 0 Å². The zero-order valence-corrected chi connectivity index (χ0v) is 15.3. The van der Waals surface area contributed by atoms with E-state index in [9.17, 15) is 16.8 Å². The van der Waals surface area contributed by atoms with Crippen molar-refractivity contribution in [3.05, 3.63) is 52.0 Å². The van der Waals surface area contributed by atoms with Crippen LogP contribution in [0, 0.1) is 6.92 Å². The summed E-state index contributed by atoms with van der Waals surface area (Å²) in [7, 11) is -7.71. The fourth-order valence-corrected chi connectivity index (χ4v) is 4.65. The molecule has 0 aliphatic carbocycles. The van der Waals surface area contributed by atoms with Crippen molar-refractivity contribution in [1.82, 2.24) is 0 Å². The van der Waals surface area contributed by atoms with Gasteiger partial charge < -0.3 is 0 Å². The number of sulfonamides is 1. The summed E-state index contributed by atoms with van der Waals surface area (Å²) in [4.78, 5) is -0.312. The summed E-state index contributed by atoms with van der Waals surface area (Å²) in [5.74, 6) is 0. The van der Waals surface area contributed by atoms with E-state index >= 15 is 0 Å². The Balaban J connectivity index is 2.58. The fraction of sp³-hybridized carbons (Fsp3) is 0.143. The summed E-state index contributed by atoms with van der Waals surface area (Å²) >= 11 is 11.9. The molecule has 23 heavy (non-hydrogen) atoms. The maximum Gasteiger partial charge on any atom is 0.263 e. The number of sulfone groups is 1. The van der Waals surface area contributed by atoms with Crippen LogP contribution in [0.3, 0.4) is 0 Å². The molecule has 0 saturated carbocycles. The quantitative estimate of drug-likeness (QED) is 0.861.